The molecule has 0 spiro atoms. The lowest BCUT2D eigenvalue weighted by Crippen LogP contribution is -2.37. The van der Waals surface area contributed by atoms with Crippen molar-refractivity contribution in [3.63, 3.8) is 0 Å². The largest absolute Gasteiger partial charge is 0.387 e. The number of carbonyl (C=O) groups is 1. The number of amides is 1. The molecule has 6 nitrogen and oxygen atoms in total. The van der Waals surface area contributed by atoms with Crippen LogP contribution >= 0.6 is 12.4 Å². The van der Waals surface area contributed by atoms with Gasteiger partial charge in [-0.2, -0.15) is 5.10 Å². The van der Waals surface area contributed by atoms with Crippen LogP contribution in [-0.4, -0.2) is 34.4 Å². The number of likely N-dealkylation sites (N-methyl/N-ethyl adjacent to an activating group) is 1. The standard InChI is InChI=1S/C15H19FN4O2.ClH/c1-17-14(11-7-19-20(2)9-11)15(22)18-8-13(21)10-3-5-12(16)6-4-10;/h3-7,9,13-14,17,21H,8H2,1-2H3,(H,18,22);1H. The van der Waals surface area contributed by atoms with Gasteiger partial charge in [0.1, 0.15) is 11.9 Å². The number of halogens is 2. The molecule has 2 atom stereocenters. The molecule has 0 fully saturated rings. The van der Waals surface area contributed by atoms with Crippen molar-refractivity contribution in [2.75, 3.05) is 13.6 Å². The van der Waals surface area contributed by atoms with Crippen molar-refractivity contribution in [1.29, 1.82) is 0 Å². The van der Waals surface area contributed by atoms with Crippen LogP contribution in [0.5, 0.6) is 0 Å². The second kappa shape index (κ2) is 8.61. The molecule has 0 radical (unpaired) electrons. The summed E-state index contributed by atoms with van der Waals surface area (Å²) in [4.78, 5) is 12.2. The number of hydrogen-bond acceptors (Lipinski definition) is 4. The van der Waals surface area contributed by atoms with E-state index < -0.39 is 12.1 Å². The lowest BCUT2D eigenvalue weighted by Gasteiger charge is -2.17. The van der Waals surface area contributed by atoms with Crippen LogP contribution in [0.1, 0.15) is 23.3 Å². The molecule has 0 saturated carbocycles. The van der Waals surface area contributed by atoms with E-state index in [-0.39, 0.29) is 30.7 Å². The number of hydrogen-bond donors (Lipinski definition) is 3. The first-order valence-electron chi connectivity index (χ1n) is 6.88. The highest BCUT2D eigenvalue weighted by Crippen LogP contribution is 2.14. The highest BCUT2D eigenvalue weighted by atomic mass is 35.5. The van der Waals surface area contributed by atoms with Crippen molar-refractivity contribution in [3.05, 3.63) is 53.6 Å². The fraction of sp³-hybridized carbons (Fsp3) is 0.333. The van der Waals surface area contributed by atoms with Gasteiger partial charge < -0.3 is 15.7 Å². The van der Waals surface area contributed by atoms with E-state index in [9.17, 15) is 14.3 Å². The molecular weight excluding hydrogens is 323 g/mol. The van der Waals surface area contributed by atoms with E-state index in [1.807, 2.05) is 0 Å². The lowest BCUT2D eigenvalue weighted by molar-refractivity contribution is -0.123. The van der Waals surface area contributed by atoms with E-state index in [4.69, 9.17) is 0 Å². The van der Waals surface area contributed by atoms with Crippen LogP contribution < -0.4 is 10.6 Å². The van der Waals surface area contributed by atoms with Crippen molar-refractivity contribution in [1.82, 2.24) is 20.4 Å². The molecule has 0 bridgehead atoms. The summed E-state index contributed by atoms with van der Waals surface area (Å²) in [6.45, 7) is 0.0446. The van der Waals surface area contributed by atoms with Crippen molar-refractivity contribution in [2.45, 2.75) is 12.1 Å². The second-order valence-corrected chi connectivity index (χ2v) is 4.98. The van der Waals surface area contributed by atoms with E-state index in [0.717, 1.165) is 5.56 Å². The number of aryl methyl sites for hydroxylation is 1. The van der Waals surface area contributed by atoms with E-state index in [1.54, 1.807) is 31.2 Å². The number of nitrogens with one attached hydrogen (secondary N) is 2. The molecule has 0 saturated heterocycles. The minimum atomic E-state index is -0.893. The van der Waals surface area contributed by atoms with Crippen LogP contribution in [0.15, 0.2) is 36.7 Å². The first-order valence-corrected chi connectivity index (χ1v) is 6.88. The van der Waals surface area contributed by atoms with E-state index in [1.165, 1.54) is 24.3 Å². The molecule has 1 aromatic carbocycles. The molecule has 1 amide bonds. The number of nitrogens with zero attached hydrogens (tertiary/aromatic N) is 2. The summed E-state index contributed by atoms with van der Waals surface area (Å²) in [6.07, 6.45) is 2.46. The Kier molecular flexibility index (Phi) is 7.15. The Morgan fingerprint density at radius 2 is 2.00 bits per heavy atom. The van der Waals surface area contributed by atoms with Crippen molar-refractivity contribution < 1.29 is 14.3 Å². The van der Waals surface area contributed by atoms with Gasteiger partial charge in [0.25, 0.3) is 0 Å². The first-order chi connectivity index (χ1) is 10.5. The summed E-state index contributed by atoms with van der Waals surface area (Å²) in [5.41, 5.74) is 1.28. The zero-order valence-corrected chi connectivity index (χ0v) is 13.7. The molecule has 1 heterocycles. The Bertz CT molecular complexity index is 633. The molecule has 1 aromatic heterocycles. The van der Waals surface area contributed by atoms with Gasteiger partial charge in [0.2, 0.25) is 5.91 Å². The molecule has 2 rings (SSSR count). The Hall–Kier alpha value is -1.96. The van der Waals surface area contributed by atoms with Gasteiger partial charge in [-0.15, -0.1) is 12.4 Å². The third-order valence-electron chi connectivity index (χ3n) is 3.33. The molecule has 0 aliphatic carbocycles. The topological polar surface area (TPSA) is 79.2 Å². The smallest absolute Gasteiger partial charge is 0.241 e. The summed E-state index contributed by atoms with van der Waals surface area (Å²) in [5.74, 6) is -0.636. The van der Waals surface area contributed by atoms with E-state index >= 15 is 0 Å². The van der Waals surface area contributed by atoms with Gasteiger partial charge in [-0.1, -0.05) is 12.1 Å². The summed E-state index contributed by atoms with van der Waals surface area (Å²) in [7, 11) is 3.44. The van der Waals surface area contributed by atoms with Crippen LogP contribution in [-0.2, 0) is 11.8 Å². The average molecular weight is 343 g/mol. The third kappa shape index (κ3) is 5.02. The minimum absolute atomic E-state index is 0. The SMILES string of the molecule is CNC(C(=O)NCC(O)c1ccc(F)cc1)c1cnn(C)c1.Cl. The second-order valence-electron chi connectivity index (χ2n) is 4.98. The van der Waals surface area contributed by atoms with Crippen molar-refractivity contribution in [2.24, 2.45) is 7.05 Å². The third-order valence-corrected chi connectivity index (χ3v) is 3.33. The molecule has 0 aliphatic rings. The monoisotopic (exact) mass is 342 g/mol. The number of aliphatic hydroxyl groups excluding tert-OH is 1. The molecule has 2 aromatic rings. The van der Waals surface area contributed by atoms with Gasteiger partial charge in [-0.3, -0.25) is 9.48 Å². The quantitative estimate of drug-likeness (QED) is 0.734. The normalized spacial score (nSPS) is 13.0. The van der Waals surface area contributed by atoms with E-state index in [0.29, 0.717) is 5.56 Å². The summed E-state index contributed by atoms with van der Waals surface area (Å²) in [5, 5.41) is 19.6. The maximum absolute atomic E-state index is 12.8. The highest BCUT2D eigenvalue weighted by Gasteiger charge is 2.20. The van der Waals surface area contributed by atoms with Crippen LogP contribution in [0.3, 0.4) is 0 Å². The number of aromatic nitrogens is 2. The summed E-state index contributed by atoms with van der Waals surface area (Å²) in [6, 6.07) is 4.97. The van der Waals surface area contributed by atoms with Gasteiger partial charge in [-0.05, 0) is 24.7 Å². The maximum Gasteiger partial charge on any atom is 0.241 e. The Labute approximate surface area is 140 Å². The first kappa shape index (κ1) is 19.1. The van der Waals surface area contributed by atoms with Gasteiger partial charge in [-0.25, -0.2) is 4.39 Å². The molecule has 0 aliphatic heterocycles. The Morgan fingerprint density at radius 3 is 2.52 bits per heavy atom. The van der Waals surface area contributed by atoms with Crippen LogP contribution in [0, 0.1) is 5.82 Å². The number of carbonyl (C=O) groups excluding carboxylic acids is 1. The van der Waals surface area contributed by atoms with Gasteiger partial charge in [0, 0.05) is 25.4 Å². The number of aliphatic hydroxyl groups is 1. The summed E-state index contributed by atoms with van der Waals surface area (Å²) < 4.78 is 14.4. The van der Waals surface area contributed by atoms with Crippen molar-refractivity contribution >= 4 is 18.3 Å². The Balaban J connectivity index is 0.00000264. The van der Waals surface area contributed by atoms with Crippen LogP contribution in [0.25, 0.3) is 0 Å². The maximum atomic E-state index is 12.8. The molecular formula is C15H20ClFN4O2. The fourth-order valence-corrected chi connectivity index (χ4v) is 2.14. The summed E-state index contributed by atoms with van der Waals surface area (Å²) >= 11 is 0. The molecule has 3 N–H and O–H groups in total. The zero-order chi connectivity index (χ0) is 16.1. The highest BCUT2D eigenvalue weighted by molar-refractivity contribution is 5.85. The van der Waals surface area contributed by atoms with Crippen LogP contribution in [0.4, 0.5) is 4.39 Å². The van der Waals surface area contributed by atoms with Gasteiger partial charge >= 0.3 is 0 Å². The van der Waals surface area contributed by atoms with Crippen molar-refractivity contribution in [3.8, 4) is 0 Å². The average Bonchev–Trinajstić information content (AvgIpc) is 2.92. The molecule has 2 unspecified atom stereocenters. The number of rotatable bonds is 6. The Morgan fingerprint density at radius 1 is 1.35 bits per heavy atom. The molecule has 8 heteroatoms. The zero-order valence-electron chi connectivity index (χ0n) is 12.9. The predicted molar refractivity (Wildman–Crippen MR) is 86.6 cm³/mol. The lowest BCUT2D eigenvalue weighted by atomic mass is 10.1. The number of benzene rings is 1. The van der Waals surface area contributed by atoms with E-state index in [2.05, 4.69) is 15.7 Å². The van der Waals surface area contributed by atoms with Gasteiger partial charge in [0.15, 0.2) is 0 Å². The molecule has 23 heavy (non-hydrogen) atoms. The predicted octanol–water partition coefficient (Wildman–Crippen LogP) is 1.09. The molecule has 126 valence electrons. The van der Waals surface area contributed by atoms with Gasteiger partial charge in [0.05, 0.1) is 12.3 Å². The fourth-order valence-electron chi connectivity index (χ4n) is 2.14. The minimum Gasteiger partial charge on any atom is -0.387 e. The van der Waals surface area contributed by atoms with Crippen LogP contribution in [0.2, 0.25) is 0 Å².